The highest BCUT2D eigenvalue weighted by Crippen LogP contribution is 2.24. The van der Waals surface area contributed by atoms with Crippen LogP contribution in [0.3, 0.4) is 0 Å². The molecule has 0 spiro atoms. The first-order valence-corrected chi connectivity index (χ1v) is 6.44. The van der Waals surface area contributed by atoms with Crippen LogP contribution in [0.5, 0.6) is 5.75 Å². The van der Waals surface area contributed by atoms with E-state index in [0.29, 0.717) is 0 Å². The Bertz CT molecular complexity index is 310. The minimum absolute atomic E-state index is 0.0150. The van der Waals surface area contributed by atoms with E-state index in [0.717, 1.165) is 31.4 Å². The zero-order chi connectivity index (χ0) is 10.7. The first-order valence-electron chi connectivity index (χ1n) is 5.36. The topological polar surface area (TPSA) is 29.5 Å². The van der Waals surface area contributed by atoms with Gasteiger partial charge in [-0.2, -0.15) is 0 Å². The highest BCUT2D eigenvalue weighted by molar-refractivity contribution is 14.1. The Morgan fingerprint density at radius 1 is 1.13 bits per heavy atom. The molecule has 0 amide bonds. The number of hydrogen-bond acceptors (Lipinski definition) is 2. The van der Waals surface area contributed by atoms with Crippen molar-refractivity contribution in [3.05, 3.63) is 27.8 Å². The lowest BCUT2D eigenvalue weighted by Gasteiger charge is -2.28. The van der Waals surface area contributed by atoms with E-state index >= 15 is 0 Å². The monoisotopic (exact) mass is 318 g/mol. The van der Waals surface area contributed by atoms with Crippen molar-refractivity contribution in [1.29, 1.82) is 0 Å². The van der Waals surface area contributed by atoms with Gasteiger partial charge >= 0.3 is 0 Å². The second-order valence-corrected chi connectivity index (χ2v) is 5.21. The Kier molecular flexibility index (Phi) is 3.86. The Balaban J connectivity index is 1.98. The number of aliphatic hydroxyl groups is 1. The molecule has 2 unspecified atom stereocenters. The highest BCUT2D eigenvalue weighted by atomic mass is 127. The van der Waals surface area contributed by atoms with Gasteiger partial charge in [0.1, 0.15) is 11.9 Å². The summed E-state index contributed by atoms with van der Waals surface area (Å²) in [6, 6.07) is 7.96. The first-order chi connectivity index (χ1) is 7.25. The van der Waals surface area contributed by atoms with Crippen LogP contribution in [0, 0.1) is 3.57 Å². The zero-order valence-electron chi connectivity index (χ0n) is 8.53. The van der Waals surface area contributed by atoms with Gasteiger partial charge in [0, 0.05) is 3.57 Å². The van der Waals surface area contributed by atoms with Crippen LogP contribution < -0.4 is 4.74 Å². The summed E-state index contributed by atoms with van der Waals surface area (Å²) in [5.74, 6) is 0.862. The van der Waals surface area contributed by atoms with E-state index in [1.165, 1.54) is 3.57 Å². The van der Waals surface area contributed by atoms with Crippen LogP contribution in [0.2, 0.25) is 0 Å². The summed E-state index contributed by atoms with van der Waals surface area (Å²) in [7, 11) is 0. The van der Waals surface area contributed by atoms with Gasteiger partial charge in [-0.05, 0) is 66.1 Å². The highest BCUT2D eigenvalue weighted by Gasteiger charge is 2.24. The lowest BCUT2D eigenvalue weighted by molar-refractivity contribution is 0.00687. The van der Waals surface area contributed by atoms with Crippen molar-refractivity contribution in [2.24, 2.45) is 0 Å². The normalized spacial score (nSPS) is 26.3. The van der Waals surface area contributed by atoms with E-state index in [4.69, 9.17) is 4.74 Å². The van der Waals surface area contributed by atoms with E-state index in [1.807, 2.05) is 24.3 Å². The number of benzene rings is 1. The largest absolute Gasteiger partial charge is 0.488 e. The molecule has 0 saturated heterocycles. The summed E-state index contributed by atoms with van der Waals surface area (Å²) in [5, 5.41) is 9.76. The number of rotatable bonds is 2. The summed E-state index contributed by atoms with van der Waals surface area (Å²) in [5.41, 5.74) is 0. The average molecular weight is 318 g/mol. The number of ether oxygens (including phenoxy) is 1. The van der Waals surface area contributed by atoms with Crippen molar-refractivity contribution >= 4 is 22.6 Å². The first kappa shape index (κ1) is 11.2. The maximum Gasteiger partial charge on any atom is 0.124 e. The molecule has 1 N–H and O–H groups in total. The minimum Gasteiger partial charge on any atom is -0.488 e. The van der Waals surface area contributed by atoms with Crippen LogP contribution >= 0.6 is 22.6 Å². The van der Waals surface area contributed by atoms with Crippen LogP contribution in [-0.4, -0.2) is 17.3 Å². The van der Waals surface area contributed by atoms with Gasteiger partial charge in [-0.3, -0.25) is 0 Å². The van der Waals surface area contributed by atoms with Gasteiger partial charge in [0.25, 0.3) is 0 Å². The molecule has 1 aliphatic rings. The summed E-state index contributed by atoms with van der Waals surface area (Å²) in [6.07, 6.45) is 3.80. The third-order valence-corrected chi connectivity index (χ3v) is 3.49. The SMILES string of the molecule is OC1CCCCC1Oc1ccc(I)cc1. The van der Waals surface area contributed by atoms with Gasteiger partial charge in [-0.15, -0.1) is 0 Å². The standard InChI is InChI=1S/C12H15IO2/c13-9-5-7-10(8-6-9)15-12-4-2-1-3-11(12)14/h5-8,11-12,14H,1-4H2. The van der Waals surface area contributed by atoms with Crippen LogP contribution in [0.15, 0.2) is 24.3 Å². The van der Waals surface area contributed by atoms with Crippen LogP contribution in [0.25, 0.3) is 0 Å². The molecule has 2 atom stereocenters. The lowest BCUT2D eigenvalue weighted by Crippen LogP contribution is -2.34. The van der Waals surface area contributed by atoms with Crippen molar-refractivity contribution in [3.63, 3.8) is 0 Å². The molecule has 2 nitrogen and oxygen atoms in total. The maximum absolute atomic E-state index is 9.76. The molecule has 15 heavy (non-hydrogen) atoms. The molecule has 0 aliphatic heterocycles. The second kappa shape index (κ2) is 5.16. The van der Waals surface area contributed by atoms with Gasteiger partial charge in [-0.25, -0.2) is 0 Å². The van der Waals surface area contributed by atoms with Gasteiger partial charge in [0.15, 0.2) is 0 Å². The minimum atomic E-state index is -0.293. The lowest BCUT2D eigenvalue weighted by atomic mass is 9.95. The fraction of sp³-hybridized carbons (Fsp3) is 0.500. The predicted octanol–water partition coefficient (Wildman–Crippen LogP) is 2.97. The Morgan fingerprint density at radius 2 is 1.80 bits per heavy atom. The van der Waals surface area contributed by atoms with Gasteiger partial charge < -0.3 is 9.84 Å². The summed E-state index contributed by atoms with van der Waals surface area (Å²) < 4.78 is 6.97. The number of aliphatic hydroxyl groups excluding tert-OH is 1. The molecule has 1 aromatic carbocycles. The number of hydrogen-bond donors (Lipinski definition) is 1. The molecule has 0 heterocycles. The maximum atomic E-state index is 9.76. The smallest absolute Gasteiger partial charge is 0.124 e. The Hall–Kier alpha value is -0.290. The molecule has 1 saturated carbocycles. The molecule has 0 bridgehead atoms. The molecular formula is C12H15IO2. The fourth-order valence-corrected chi connectivity index (χ4v) is 2.26. The van der Waals surface area contributed by atoms with Crippen molar-refractivity contribution in [2.75, 3.05) is 0 Å². The van der Waals surface area contributed by atoms with E-state index in [9.17, 15) is 5.11 Å². The van der Waals surface area contributed by atoms with Crippen molar-refractivity contribution in [1.82, 2.24) is 0 Å². The Labute approximate surface area is 104 Å². The van der Waals surface area contributed by atoms with Crippen molar-refractivity contribution in [3.8, 4) is 5.75 Å². The van der Waals surface area contributed by atoms with Gasteiger partial charge in [-0.1, -0.05) is 6.42 Å². The molecule has 82 valence electrons. The fourth-order valence-electron chi connectivity index (χ4n) is 1.90. The van der Waals surface area contributed by atoms with Gasteiger partial charge in [0.05, 0.1) is 6.10 Å². The van der Waals surface area contributed by atoms with E-state index in [-0.39, 0.29) is 12.2 Å². The van der Waals surface area contributed by atoms with Crippen LogP contribution in [0.4, 0.5) is 0 Å². The molecule has 1 fully saturated rings. The molecule has 2 rings (SSSR count). The molecule has 0 radical (unpaired) electrons. The van der Waals surface area contributed by atoms with E-state index < -0.39 is 0 Å². The summed E-state index contributed by atoms with van der Waals surface area (Å²) in [4.78, 5) is 0. The average Bonchev–Trinajstić information content (AvgIpc) is 2.25. The van der Waals surface area contributed by atoms with Crippen molar-refractivity contribution in [2.45, 2.75) is 37.9 Å². The molecule has 3 heteroatoms. The number of halogens is 1. The molecule has 1 aliphatic carbocycles. The van der Waals surface area contributed by atoms with Crippen LogP contribution in [-0.2, 0) is 0 Å². The zero-order valence-corrected chi connectivity index (χ0v) is 10.7. The molecule has 1 aromatic rings. The van der Waals surface area contributed by atoms with E-state index in [2.05, 4.69) is 22.6 Å². The molecular weight excluding hydrogens is 303 g/mol. The summed E-state index contributed by atoms with van der Waals surface area (Å²) in [6.45, 7) is 0. The van der Waals surface area contributed by atoms with Crippen molar-refractivity contribution < 1.29 is 9.84 Å². The summed E-state index contributed by atoms with van der Waals surface area (Å²) >= 11 is 2.27. The predicted molar refractivity (Wildman–Crippen MR) is 68.0 cm³/mol. The third-order valence-electron chi connectivity index (χ3n) is 2.77. The second-order valence-electron chi connectivity index (χ2n) is 3.96. The molecule has 0 aromatic heterocycles. The van der Waals surface area contributed by atoms with Crippen LogP contribution in [0.1, 0.15) is 25.7 Å². The Morgan fingerprint density at radius 3 is 2.47 bits per heavy atom. The third kappa shape index (κ3) is 3.08. The quantitative estimate of drug-likeness (QED) is 0.850. The van der Waals surface area contributed by atoms with E-state index in [1.54, 1.807) is 0 Å². The van der Waals surface area contributed by atoms with Gasteiger partial charge in [0.2, 0.25) is 0 Å².